The first-order valence-electron chi connectivity index (χ1n) is 5.47. The van der Waals surface area contributed by atoms with Crippen LogP contribution in [0.5, 0.6) is 0 Å². The largest absolute Gasteiger partial charge is 0.468 e. The first-order chi connectivity index (χ1) is 7.10. The zero-order valence-corrected chi connectivity index (χ0v) is 9.84. The van der Waals surface area contributed by atoms with Crippen molar-refractivity contribution in [3.63, 3.8) is 0 Å². The van der Waals surface area contributed by atoms with Crippen LogP contribution in [0.3, 0.4) is 0 Å². The molecule has 0 radical (unpaired) electrons. The van der Waals surface area contributed by atoms with Gasteiger partial charge >= 0.3 is 5.97 Å². The molecule has 4 nitrogen and oxygen atoms in total. The number of nitrogens with one attached hydrogen (secondary N) is 1. The van der Waals surface area contributed by atoms with Crippen molar-refractivity contribution >= 4 is 5.97 Å². The quantitative estimate of drug-likeness (QED) is 0.526. The van der Waals surface area contributed by atoms with E-state index < -0.39 is 5.41 Å². The molecule has 15 heavy (non-hydrogen) atoms. The van der Waals surface area contributed by atoms with E-state index in [1.54, 1.807) is 0 Å². The Bertz CT molecular complexity index is 212. The van der Waals surface area contributed by atoms with E-state index in [1.165, 1.54) is 7.11 Å². The molecule has 0 aliphatic carbocycles. The molecule has 0 bridgehead atoms. The van der Waals surface area contributed by atoms with Crippen molar-refractivity contribution in [2.24, 2.45) is 11.3 Å². The molecular weight excluding hydrogens is 194 g/mol. The molecule has 1 aliphatic rings. The number of hydrogen-bond donors (Lipinski definition) is 1. The van der Waals surface area contributed by atoms with E-state index in [9.17, 15) is 4.79 Å². The number of carbonyl (C=O) groups excluding carboxylic acids is 1. The van der Waals surface area contributed by atoms with Gasteiger partial charge in [-0.3, -0.25) is 4.79 Å². The molecule has 0 spiro atoms. The van der Waals surface area contributed by atoms with Gasteiger partial charge in [-0.2, -0.15) is 0 Å². The molecule has 88 valence electrons. The highest BCUT2D eigenvalue weighted by Crippen LogP contribution is 2.28. The van der Waals surface area contributed by atoms with Gasteiger partial charge in [-0.15, -0.1) is 0 Å². The lowest BCUT2D eigenvalue weighted by Crippen LogP contribution is -2.55. The van der Waals surface area contributed by atoms with Crippen LogP contribution in [0.4, 0.5) is 0 Å². The van der Waals surface area contributed by atoms with Gasteiger partial charge in [0, 0.05) is 6.54 Å². The van der Waals surface area contributed by atoms with Crippen molar-refractivity contribution in [1.29, 1.82) is 0 Å². The average Bonchev–Trinajstić information content (AvgIpc) is 2.14. The average molecular weight is 215 g/mol. The lowest BCUT2D eigenvalue weighted by molar-refractivity contribution is -0.182. The fourth-order valence-electron chi connectivity index (χ4n) is 1.58. The number of rotatable bonds is 6. The van der Waals surface area contributed by atoms with Gasteiger partial charge < -0.3 is 14.8 Å². The van der Waals surface area contributed by atoms with Gasteiger partial charge in [0.2, 0.25) is 0 Å². The van der Waals surface area contributed by atoms with Crippen LogP contribution in [0.15, 0.2) is 0 Å². The summed E-state index contributed by atoms with van der Waals surface area (Å²) in [6.45, 7) is 6.93. The normalized spacial score (nSPS) is 18.7. The molecule has 0 atom stereocenters. The minimum atomic E-state index is -0.425. The lowest BCUT2D eigenvalue weighted by atomic mass is 9.86. The monoisotopic (exact) mass is 215 g/mol. The smallest absolute Gasteiger partial charge is 0.317 e. The van der Waals surface area contributed by atoms with E-state index in [4.69, 9.17) is 9.47 Å². The van der Waals surface area contributed by atoms with E-state index in [2.05, 4.69) is 19.2 Å². The van der Waals surface area contributed by atoms with Gasteiger partial charge in [-0.05, 0) is 18.9 Å². The highest BCUT2D eigenvalue weighted by atomic mass is 16.5. The van der Waals surface area contributed by atoms with Gasteiger partial charge in [0.25, 0.3) is 0 Å². The molecule has 1 N–H and O–H groups in total. The van der Waals surface area contributed by atoms with Crippen LogP contribution in [-0.4, -0.2) is 39.4 Å². The number of carbonyl (C=O) groups is 1. The Hall–Kier alpha value is -0.610. The summed E-state index contributed by atoms with van der Waals surface area (Å²) in [6, 6.07) is 0. The molecule has 0 aromatic heterocycles. The summed E-state index contributed by atoms with van der Waals surface area (Å²) < 4.78 is 9.88. The van der Waals surface area contributed by atoms with Gasteiger partial charge in [0.1, 0.15) is 5.41 Å². The van der Waals surface area contributed by atoms with Crippen molar-refractivity contribution in [1.82, 2.24) is 5.32 Å². The van der Waals surface area contributed by atoms with Gasteiger partial charge in [-0.1, -0.05) is 13.8 Å². The van der Waals surface area contributed by atoms with E-state index in [1.807, 2.05) is 0 Å². The Morgan fingerprint density at radius 1 is 1.53 bits per heavy atom. The summed E-state index contributed by atoms with van der Waals surface area (Å²) >= 11 is 0. The van der Waals surface area contributed by atoms with E-state index >= 15 is 0 Å². The van der Waals surface area contributed by atoms with Crippen LogP contribution < -0.4 is 5.32 Å². The second kappa shape index (κ2) is 5.47. The molecule has 0 aromatic carbocycles. The summed E-state index contributed by atoms with van der Waals surface area (Å²) in [4.78, 5) is 11.5. The van der Waals surface area contributed by atoms with Crippen molar-refractivity contribution in [2.45, 2.75) is 20.3 Å². The van der Waals surface area contributed by atoms with Crippen LogP contribution in [0.25, 0.3) is 0 Å². The summed E-state index contributed by atoms with van der Waals surface area (Å²) in [5, 5.41) is 3.29. The van der Waals surface area contributed by atoms with Crippen molar-refractivity contribution in [3.8, 4) is 0 Å². The minimum absolute atomic E-state index is 0.161. The van der Waals surface area contributed by atoms with Gasteiger partial charge in [0.05, 0.1) is 20.3 Å². The topological polar surface area (TPSA) is 47.6 Å². The Morgan fingerprint density at radius 2 is 2.20 bits per heavy atom. The van der Waals surface area contributed by atoms with Gasteiger partial charge in [-0.25, -0.2) is 0 Å². The summed E-state index contributed by atoms with van der Waals surface area (Å²) in [5.74, 6) is 0.523. The number of hydrogen-bond acceptors (Lipinski definition) is 4. The zero-order valence-electron chi connectivity index (χ0n) is 9.84. The first kappa shape index (κ1) is 12.5. The van der Waals surface area contributed by atoms with Crippen LogP contribution in [0.2, 0.25) is 0 Å². The first-order valence-corrected chi connectivity index (χ1v) is 5.47. The maximum absolute atomic E-state index is 11.5. The van der Waals surface area contributed by atoms with E-state index in [-0.39, 0.29) is 5.97 Å². The third-order valence-corrected chi connectivity index (χ3v) is 2.74. The number of methoxy groups -OCH3 is 1. The number of ether oxygens (including phenoxy) is 2. The summed E-state index contributed by atoms with van der Waals surface area (Å²) in [5.41, 5.74) is -0.425. The third-order valence-electron chi connectivity index (χ3n) is 2.74. The van der Waals surface area contributed by atoms with Crippen LogP contribution in [0.1, 0.15) is 20.3 Å². The molecular formula is C11H21NO3. The highest BCUT2D eigenvalue weighted by molar-refractivity contribution is 5.78. The van der Waals surface area contributed by atoms with Gasteiger partial charge in [0.15, 0.2) is 0 Å². The Labute approximate surface area is 91.3 Å². The lowest BCUT2D eigenvalue weighted by Gasteiger charge is -2.38. The maximum Gasteiger partial charge on any atom is 0.317 e. The molecule has 0 amide bonds. The van der Waals surface area contributed by atoms with Crippen LogP contribution in [0, 0.1) is 11.3 Å². The van der Waals surface area contributed by atoms with Crippen molar-refractivity contribution < 1.29 is 14.3 Å². The summed E-state index contributed by atoms with van der Waals surface area (Å²) in [6.07, 6.45) is 1.12. The van der Waals surface area contributed by atoms with Crippen molar-refractivity contribution in [2.75, 3.05) is 33.4 Å². The Kier molecular flexibility index (Phi) is 4.54. The van der Waals surface area contributed by atoms with Crippen LogP contribution >= 0.6 is 0 Å². The Balaban J connectivity index is 2.25. The number of esters is 1. The summed E-state index contributed by atoms with van der Waals surface area (Å²) in [7, 11) is 1.43. The molecule has 1 heterocycles. The molecule has 1 fully saturated rings. The molecule has 0 aromatic rings. The van der Waals surface area contributed by atoms with E-state index in [0.29, 0.717) is 25.7 Å². The second-order valence-electron chi connectivity index (χ2n) is 4.62. The molecule has 1 rings (SSSR count). The minimum Gasteiger partial charge on any atom is -0.468 e. The predicted octanol–water partition coefficient (Wildman–Crippen LogP) is 0.812. The Morgan fingerprint density at radius 3 is 2.60 bits per heavy atom. The SMILES string of the molecule is COC(=O)C1(CNCCC(C)C)COC1. The molecule has 0 unspecified atom stereocenters. The molecule has 1 aliphatic heterocycles. The predicted molar refractivity (Wildman–Crippen MR) is 57.6 cm³/mol. The molecule has 0 saturated carbocycles. The fraction of sp³-hybridized carbons (Fsp3) is 0.909. The fourth-order valence-corrected chi connectivity index (χ4v) is 1.58. The standard InChI is InChI=1S/C11H21NO3/c1-9(2)4-5-12-6-11(7-15-8-11)10(13)14-3/h9,12H,4-8H2,1-3H3. The third kappa shape index (κ3) is 3.18. The zero-order chi connectivity index (χ0) is 11.3. The van der Waals surface area contributed by atoms with E-state index in [0.717, 1.165) is 13.0 Å². The molecule has 4 heteroatoms. The highest BCUT2D eigenvalue weighted by Gasteiger charge is 2.46. The van der Waals surface area contributed by atoms with Crippen molar-refractivity contribution in [3.05, 3.63) is 0 Å². The van der Waals surface area contributed by atoms with Crippen LogP contribution in [-0.2, 0) is 14.3 Å². The second-order valence-corrected chi connectivity index (χ2v) is 4.62. The molecule has 1 saturated heterocycles. The maximum atomic E-state index is 11.5.